The van der Waals surface area contributed by atoms with E-state index in [1.54, 1.807) is 18.7 Å². The number of benzene rings is 1. The molecule has 1 aromatic carbocycles. The Morgan fingerprint density at radius 3 is 2.88 bits per heavy atom. The Labute approximate surface area is 136 Å². The number of hydrogen-bond donors (Lipinski definition) is 2. The van der Waals surface area contributed by atoms with Crippen LogP contribution in [0, 0.1) is 5.82 Å². The molecule has 0 fully saturated rings. The topological polar surface area (TPSA) is 101 Å². The van der Waals surface area contributed by atoms with E-state index < -0.39 is 16.9 Å². The van der Waals surface area contributed by atoms with Crippen LogP contribution in [-0.4, -0.2) is 33.1 Å². The van der Waals surface area contributed by atoms with Crippen molar-refractivity contribution in [3.05, 3.63) is 39.6 Å². The summed E-state index contributed by atoms with van der Waals surface area (Å²) in [5.41, 5.74) is 6.20. The molecule has 1 aromatic heterocycles. The molecule has 0 saturated carbocycles. The highest BCUT2D eigenvalue weighted by atomic mass is 19.1. The fourth-order valence-corrected chi connectivity index (χ4v) is 3.45. The Kier molecular flexibility index (Phi) is 2.93. The van der Waals surface area contributed by atoms with Gasteiger partial charge in [0, 0.05) is 23.2 Å². The van der Waals surface area contributed by atoms with Gasteiger partial charge in [0.1, 0.15) is 5.82 Å². The molecule has 0 spiro atoms. The highest BCUT2D eigenvalue weighted by molar-refractivity contribution is 6.00. The summed E-state index contributed by atoms with van der Waals surface area (Å²) in [5.74, 6) is -0.734. The van der Waals surface area contributed by atoms with Crippen LogP contribution >= 0.6 is 0 Å². The molecule has 3 heterocycles. The van der Waals surface area contributed by atoms with E-state index in [-0.39, 0.29) is 23.9 Å². The third kappa shape index (κ3) is 2.06. The summed E-state index contributed by atoms with van der Waals surface area (Å²) < 4.78 is 13.8. The zero-order valence-electron chi connectivity index (χ0n) is 13.3. The van der Waals surface area contributed by atoms with E-state index in [4.69, 9.17) is 5.73 Å². The number of carbonyl (C=O) groups is 1. The molecule has 2 aliphatic heterocycles. The molecule has 1 atom stereocenters. The summed E-state index contributed by atoms with van der Waals surface area (Å²) in [5, 5.41) is 11.7. The van der Waals surface area contributed by atoms with Crippen molar-refractivity contribution in [1.82, 2.24) is 15.1 Å². The van der Waals surface area contributed by atoms with Gasteiger partial charge >= 0.3 is 0 Å². The lowest BCUT2D eigenvalue weighted by Gasteiger charge is -2.35. The third-order valence-electron chi connectivity index (χ3n) is 4.44. The first-order chi connectivity index (χ1) is 11.3. The lowest BCUT2D eigenvalue weighted by molar-refractivity contribution is -0.137. The molecule has 0 aliphatic carbocycles. The van der Waals surface area contributed by atoms with Crippen molar-refractivity contribution in [2.45, 2.75) is 32.0 Å². The Hall–Kier alpha value is -2.61. The second-order valence-corrected chi connectivity index (χ2v) is 6.85. The van der Waals surface area contributed by atoms with E-state index in [0.29, 0.717) is 23.3 Å². The van der Waals surface area contributed by atoms with E-state index in [1.165, 1.54) is 12.1 Å². The number of hydrogen-bond acceptors (Lipinski definition) is 6. The largest absolute Gasteiger partial charge is 0.376 e. The number of aromatic nitrogens is 2. The fourth-order valence-electron chi connectivity index (χ4n) is 3.45. The summed E-state index contributed by atoms with van der Waals surface area (Å²) in [7, 11) is 0. The Balaban J connectivity index is 1.92. The number of anilines is 1. The first-order valence-electron chi connectivity index (χ1n) is 7.63. The first kappa shape index (κ1) is 14.9. The molecular weight excluding hydrogens is 313 g/mol. The summed E-state index contributed by atoms with van der Waals surface area (Å²) in [6.07, 6.45) is 0. The molecule has 7 nitrogen and oxygen atoms in total. The van der Waals surface area contributed by atoms with Crippen molar-refractivity contribution in [2.24, 2.45) is 5.73 Å². The van der Waals surface area contributed by atoms with Crippen molar-refractivity contribution < 1.29 is 9.18 Å². The Morgan fingerprint density at radius 2 is 2.17 bits per heavy atom. The molecule has 124 valence electrons. The van der Waals surface area contributed by atoms with Gasteiger partial charge in [-0.3, -0.25) is 9.59 Å². The van der Waals surface area contributed by atoms with Crippen molar-refractivity contribution in [1.29, 1.82) is 0 Å². The SMILES string of the molecule is CC(C)(N)C(=O)N1Cc2nnc(=O)c3cc(F)cc4c3c2C(C1)N4. The molecule has 3 N–H and O–H groups in total. The van der Waals surface area contributed by atoms with Crippen LogP contribution in [0.4, 0.5) is 10.1 Å². The van der Waals surface area contributed by atoms with Crippen LogP contribution in [0.2, 0.25) is 0 Å². The maximum absolute atomic E-state index is 13.8. The van der Waals surface area contributed by atoms with Crippen LogP contribution in [-0.2, 0) is 11.3 Å². The Bertz CT molecular complexity index is 954. The van der Waals surface area contributed by atoms with E-state index in [2.05, 4.69) is 15.5 Å². The zero-order chi connectivity index (χ0) is 17.2. The highest BCUT2D eigenvalue weighted by Gasteiger charge is 2.38. The standard InChI is InChI=1S/C16H16FN5O2/c1-16(2,18)15(24)22-5-10-13-11(6-22)20-21-14(23)8-3-7(17)4-9(19-10)12(8)13/h3-4,10,19H,5-6,18H2,1-2H3. The van der Waals surface area contributed by atoms with Crippen LogP contribution in [0.15, 0.2) is 16.9 Å². The maximum atomic E-state index is 13.8. The highest BCUT2D eigenvalue weighted by Crippen LogP contribution is 2.42. The van der Waals surface area contributed by atoms with Crippen molar-refractivity contribution in [2.75, 3.05) is 11.9 Å². The molecule has 4 rings (SSSR count). The number of nitrogens with two attached hydrogens (primary N) is 1. The minimum absolute atomic E-state index is 0.202. The summed E-state index contributed by atoms with van der Waals surface area (Å²) in [6, 6.07) is 2.26. The van der Waals surface area contributed by atoms with Gasteiger partial charge < -0.3 is 16.0 Å². The molecule has 2 aromatic rings. The second-order valence-electron chi connectivity index (χ2n) is 6.85. The fraction of sp³-hybridized carbons (Fsp3) is 0.375. The number of halogens is 1. The number of nitrogens with zero attached hydrogens (tertiary/aromatic N) is 3. The number of carbonyl (C=O) groups excluding carboxylic acids is 1. The quantitative estimate of drug-likeness (QED) is 0.798. The average Bonchev–Trinajstić information content (AvgIpc) is 2.80. The number of nitrogens with one attached hydrogen (secondary N) is 1. The maximum Gasteiger partial charge on any atom is 0.296 e. The molecular formula is C16H16FN5O2. The summed E-state index contributed by atoms with van der Waals surface area (Å²) in [6.45, 7) is 3.88. The first-order valence-corrected chi connectivity index (χ1v) is 7.63. The van der Waals surface area contributed by atoms with Gasteiger partial charge in [0.2, 0.25) is 5.91 Å². The van der Waals surface area contributed by atoms with Gasteiger partial charge in [-0.25, -0.2) is 4.39 Å². The molecule has 1 unspecified atom stereocenters. The molecule has 0 saturated heterocycles. The molecule has 1 amide bonds. The number of amides is 1. The van der Waals surface area contributed by atoms with Crippen LogP contribution in [0.3, 0.4) is 0 Å². The monoisotopic (exact) mass is 329 g/mol. The second kappa shape index (κ2) is 4.70. The minimum Gasteiger partial charge on any atom is -0.376 e. The lowest BCUT2D eigenvalue weighted by atomic mass is 9.96. The van der Waals surface area contributed by atoms with E-state index in [1.807, 2.05) is 0 Å². The zero-order valence-corrected chi connectivity index (χ0v) is 13.3. The molecule has 24 heavy (non-hydrogen) atoms. The van der Waals surface area contributed by atoms with Crippen molar-refractivity contribution in [3.63, 3.8) is 0 Å². The predicted octanol–water partition coefficient (Wildman–Crippen LogP) is 0.675. The van der Waals surface area contributed by atoms with E-state index in [0.717, 1.165) is 5.56 Å². The lowest BCUT2D eigenvalue weighted by Crippen LogP contribution is -2.53. The van der Waals surface area contributed by atoms with Crippen molar-refractivity contribution in [3.8, 4) is 0 Å². The van der Waals surface area contributed by atoms with Crippen LogP contribution in [0.5, 0.6) is 0 Å². The predicted molar refractivity (Wildman–Crippen MR) is 85.8 cm³/mol. The molecule has 0 bridgehead atoms. The molecule has 2 aliphatic rings. The van der Waals surface area contributed by atoms with Gasteiger partial charge in [-0.2, -0.15) is 0 Å². The third-order valence-corrected chi connectivity index (χ3v) is 4.44. The summed E-state index contributed by atoms with van der Waals surface area (Å²) in [4.78, 5) is 26.3. The van der Waals surface area contributed by atoms with E-state index >= 15 is 0 Å². The van der Waals surface area contributed by atoms with E-state index in [9.17, 15) is 14.0 Å². The smallest absolute Gasteiger partial charge is 0.296 e. The van der Waals surface area contributed by atoms with Crippen LogP contribution in [0.25, 0.3) is 10.8 Å². The van der Waals surface area contributed by atoms with Gasteiger partial charge in [-0.1, -0.05) is 0 Å². The minimum atomic E-state index is -1.02. The van der Waals surface area contributed by atoms with Gasteiger partial charge in [0.15, 0.2) is 0 Å². The average molecular weight is 329 g/mol. The van der Waals surface area contributed by atoms with Gasteiger partial charge in [-0.05, 0) is 26.0 Å². The van der Waals surface area contributed by atoms with Gasteiger partial charge in [-0.15, -0.1) is 10.2 Å². The molecule has 8 heteroatoms. The molecule has 0 radical (unpaired) electrons. The van der Waals surface area contributed by atoms with Gasteiger partial charge in [0.05, 0.1) is 29.2 Å². The van der Waals surface area contributed by atoms with Gasteiger partial charge in [0.25, 0.3) is 5.56 Å². The Morgan fingerprint density at radius 1 is 1.42 bits per heavy atom. The number of rotatable bonds is 1. The van der Waals surface area contributed by atoms with Crippen LogP contribution < -0.4 is 16.6 Å². The van der Waals surface area contributed by atoms with Crippen molar-refractivity contribution >= 4 is 22.4 Å². The van der Waals surface area contributed by atoms with Crippen LogP contribution in [0.1, 0.15) is 31.1 Å². The summed E-state index contributed by atoms with van der Waals surface area (Å²) >= 11 is 0. The normalized spacial score (nSPS) is 18.7.